The lowest BCUT2D eigenvalue weighted by molar-refractivity contribution is 0.0199. The predicted octanol–water partition coefficient (Wildman–Crippen LogP) is 4.32. The van der Waals surface area contributed by atoms with Crippen LogP contribution in [0.3, 0.4) is 0 Å². The van der Waals surface area contributed by atoms with Crippen LogP contribution < -0.4 is 9.47 Å². The number of methoxy groups -OCH3 is 1. The third-order valence-corrected chi connectivity index (χ3v) is 8.74. The third-order valence-electron chi connectivity index (χ3n) is 8.74. The molecule has 0 bridgehead atoms. The molecule has 228 valence electrons. The number of halogens is 2. The molecule has 2 aromatic carbocycles. The van der Waals surface area contributed by atoms with Crippen LogP contribution in [0.5, 0.6) is 11.5 Å². The lowest BCUT2D eigenvalue weighted by atomic mass is 9.74. The summed E-state index contributed by atoms with van der Waals surface area (Å²) < 4.78 is 43.4. The van der Waals surface area contributed by atoms with Gasteiger partial charge in [0.2, 0.25) is 0 Å². The summed E-state index contributed by atoms with van der Waals surface area (Å²) in [7, 11) is 1.63. The molecule has 3 aromatic rings. The van der Waals surface area contributed by atoms with Gasteiger partial charge in [-0.1, -0.05) is 0 Å². The molecule has 0 amide bonds. The van der Waals surface area contributed by atoms with Crippen LogP contribution in [0.15, 0.2) is 42.6 Å². The molecular weight excluding hydrogens is 544 g/mol. The molecule has 1 atom stereocenters. The van der Waals surface area contributed by atoms with E-state index in [9.17, 15) is 19.0 Å². The molecular formula is C32H41F2N3O5. The zero-order chi connectivity index (χ0) is 29.5. The SMILES string of the molecule is COc1ccc2ncc(CN3CCOCC3)c([C@@H](O)CCC3(CO)CCN(CCOc4cc(F)cc(F)c4)CC3)c2c1. The molecule has 5 rings (SSSR count). The summed E-state index contributed by atoms with van der Waals surface area (Å²) in [6.45, 7) is 6.27. The fourth-order valence-corrected chi connectivity index (χ4v) is 6.11. The average molecular weight is 586 g/mol. The number of aliphatic hydroxyl groups is 2. The number of hydrogen-bond acceptors (Lipinski definition) is 8. The van der Waals surface area contributed by atoms with E-state index in [-0.39, 0.29) is 17.8 Å². The van der Waals surface area contributed by atoms with Crippen LogP contribution in [0.2, 0.25) is 0 Å². The molecule has 3 heterocycles. The van der Waals surface area contributed by atoms with Crippen LogP contribution in [0.1, 0.15) is 42.9 Å². The minimum Gasteiger partial charge on any atom is -0.497 e. The number of likely N-dealkylation sites (tertiary alicyclic amines) is 1. The van der Waals surface area contributed by atoms with Crippen molar-refractivity contribution in [2.75, 3.05) is 66.3 Å². The molecule has 2 fully saturated rings. The molecule has 2 saturated heterocycles. The van der Waals surface area contributed by atoms with E-state index >= 15 is 0 Å². The minimum atomic E-state index is -0.722. The lowest BCUT2D eigenvalue weighted by Crippen LogP contribution is -2.43. The number of nitrogens with zero attached hydrogens (tertiary/aromatic N) is 3. The zero-order valence-electron chi connectivity index (χ0n) is 24.2. The normalized spacial score (nSPS) is 18.7. The summed E-state index contributed by atoms with van der Waals surface area (Å²) in [5.41, 5.74) is 2.40. The van der Waals surface area contributed by atoms with E-state index in [1.807, 2.05) is 24.4 Å². The first-order valence-electron chi connectivity index (χ1n) is 14.7. The lowest BCUT2D eigenvalue weighted by Gasteiger charge is -2.41. The van der Waals surface area contributed by atoms with Gasteiger partial charge in [0, 0.05) is 62.6 Å². The monoisotopic (exact) mass is 585 g/mol. The van der Waals surface area contributed by atoms with Crippen LogP contribution >= 0.6 is 0 Å². The number of benzene rings is 2. The first-order chi connectivity index (χ1) is 20.4. The largest absolute Gasteiger partial charge is 0.497 e. The number of aliphatic hydroxyl groups excluding tert-OH is 2. The second-order valence-electron chi connectivity index (χ2n) is 11.5. The van der Waals surface area contributed by atoms with Gasteiger partial charge >= 0.3 is 0 Å². The highest BCUT2D eigenvalue weighted by Crippen LogP contribution is 2.40. The molecule has 1 aromatic heterocycles. The summed E-state index contributed by atoms with van der Waals surface area (Å²) in [6, 6.07) is 8.92. The van der Waals surface area contributed by atoms with E-state index in [1.165, 1.54) is 12.1 Å². The van der Waals surface area contributed by atoms with Gasteiger partial charge in [-0.2, -0.15) is 0 Å². The summed E-state index contributed by atoms with van der Waals surface area (Å²) in [5, 5.41) is 23.0. The van der Waals surface area contributed by atoms with Gasteiger partial charge in [0.05, 0.1) is 31.9 Å². The van der Waals surface area contributed by atoms with Crippen molar-refractivity contribution >= 4 is 10.9 Å². The first kappa shape index (κ1) is 30.6. The minimum absolute atomic E-state index is 0.0537. The zero-order valence-corrected chi connectivity index (χ0v) is 24.2. The Morgan fingerprint density at radius 3 is 2.43 bits per heavy atom. The Hall–Kier alpha value is -2.89. The second-order valence-corrected chi connectivity index (χ2v) is 11.5. The first-order valence-corrected chi connectivity index (χ1v) is 14.7. The molecule has 0 aliphatic carbocycles. The van der Waals surface area contributed by atoms with Crippen molar-refractivity contribution in [2.24, 2.45) is 5.41 Å². The molecule has 0 radical (unpaired) electrons. The van der Waals surface area contributed by atoms with Crippen molar-refractivity contribution in [1.82, 2.24) is 14.8 Å². The number of ether oxygens (including phenoxy) is 3. The van der Waals surface area contributed by atoms with E-state index < -0.39 is 17.7 Å². The third kappa shape index (κ3) is 7.54. The fourth-order valence-electron chi connectivity index (χ4n) is 6.11. The van der Waals surface area contributed by atoms with Gasteiger partial charge in [0.1, 0.15) is 29.7 Å². The quantitative estimate of drug-likeness (QED) is 0.325. The fraction of sp³-hybridized carbons (Fsp3) is 0.531. The van der Waals surface area contributed by atoms with Gasteiger partial charge in [-0.25, -0.2) is 8.78 Å². The van der Waals surface area contributed by atoms with E-state index in [0.29, 0.717) is 51.5 Å². The molecule has 2 aliphatic rings. The highest BCUT2D eigenvalue weighted by molar-refractivity contribution is 5.85. The van der Waals surface area contributed by atoms with Crippen molar-refractivity contribution < 1.29 is 33.2 Å². The van der Waals surface area contributed by atoms with Crippen molar-refractivity contribution in [3.8, 4) is 11.5 Å². The summed E-state index contributed by atoms with van der Waals surface area (Å²) in [5.74, 6) is -0.431. The maximum atomic E-state index is 13.4. The van der Waals surface area contributed by atoms with Gasteiger partial charge < -0.3 is 24.4 Å². The van der Waals surface area contributed by atoms with Crippen LogP contribution in [0.25, 0.3) is 10.9 Å². The summed E-state index contributed by atoms with van der Waals surface area (Å²) >= 11 is 0. The number of hydrogen-bond donors (Lipinski definition) is 2. The smallest absolute Gasteiger partial charge is 0.129 e. The Bertz CT molecular complexity index is 1310. The van der Waals surface area contributed by atoms with Crippen molar-refractivity contribution in [2.45, 2.75) is 38.3 Å². The molecule has 2 aliphatic heterocycles. The Kier molecular flexibility index (Phi) is 10.2. The summed E-state index contributed by atoms with van der Waals surface area (Å²) in [6.07, 6.45) is 3.93. The molecule has 0 saturated carbocycles. The molecule has 10 heteroatoms. The van der Waals surface area contributed by atoms with Crippen molar-refractivity contribution in [3.63, 3.8) is 0 Å². The molecule has 8 nitrogen and oxygen atoms in total. The Morgan fingerprint density at radius 1 is 1.00 bits per heavy atom. The Labute approximate surface area is 245 Å². The molecule has 42 heavy (non-hydrogen) atoms. The summed E-state index contributed by atoms with van der Waals surface area (Å²) in [4.78, 5) is 9.25. The maximum absolute atomic E-state index is 13.4. The average Bonchev–Trinajstić information content (AvgIpc) is 3.00. The maximum Gasteiger partial charge on any atom is 0.129 e. The highest BCUT2D eigenvalue weighted by Gasteiger charge is 2.35. The van der Waals surface area contributed by atoms with E-state index in [0.717, 1.165) is 67.1 Å². The van der Waals surface area contributed by atoms with Crippen LogP contribution in [-0.4, -0.2) is 91.3 Å². The van der Waals surface area contributed by atoms with Gasteiger partial charge in [0.15, 0.2) is 0 Å². The van der Waals surface area contributed by atoms with E-state index in [4.69, 9.17) is 14.2 Å². The number of pyridine rings is 1. The molecule has 0 spiro atoms. The second kappa shape index (κ2) is 14.1. The van der Waals surface area contributed by atoms with Crippen LogP contribution in [-0.2, 0) is 11.3 Å². The predicted molar refractivity (Wildman–Crippen MR) is 156 cm³/mol. The number of fused-ring (bicyclic) bond motifs is 1. The highest BCUT2D eigenvalue weighted by atomic mass is 19.1. The van der Waals surface area contributed by atoms with E-state index in [1.54, 1.807) is 7.11 Å². The number of aromatic nitrogens is 1. The van der Waals surface area contributed by atoms with Crippen LogP contribution in [0.4, 0.5) is 8.78 Å². The van der Waals surface area contributed by atoms with Gasteiger partial charge in [-0.15, -0.1) is 0 Å². The number of rotatable bonds is 12. The topological polar surface area (TPSA) is 87.5 Å². The number of morpholine rings is 1. The standard InChI is InChI=1S/C32H41F2N3O5/c1-40-26-2-3-29-28(19-26)31(23(20-35-29)21-37-10-13-41-14-11-37)30(39)4-5-32(22-38)6-8-36(9-7-32)12-15-42-27-17-24(33)16-25(34)18-27/h2-3,16-20,30,38-39H,4-15,21-22H2,1H3/t30-/m0/s1. The van der Waals surface area contributed by atoms with Gasteiger partial charge in [-0.05, 0) is 73.5 Å². The van der Waals surface area contributed by atoms with Crippen molar-refractivity contribution in [1.29, 1.82) is 0 Å². The van der Waals surface area contributed by atoms with E-state index in [2.05, 4.69) is 14.8 Å². The van der Waals surface area contributed by atoms with Gasteiger partial charge in [-0.3, -0.25) is 14.8 Å². The Morgan fingerprint density at radius 2 is 1.74 bits per heavy atom. The Balaban J connectivity index is 1.22. The molecule has 0 unspecified atom stereocenters. The van der Waals surface area contributed by atoms with Crippen LogP contribution in [0, 0.1) is 17.0 Å². The van der Waals surface area contributed by atoms with Crippen molar-refractivity contribution in [3.05, 3.63) is 65.4 Å². The molecule has 2 N–H and O–H groups in total. The van der Waals surface area contributed by atoms with Gasteiger partial charge in [0.25, 0.3) is 0 Å². The number of piperidine rings is 1.